The van der Waals surface area contributed by atoms with Crippen LogP contribution in [-0.4, -0.2) is 13.3 Å². The number of aryl methyl sites for hydroxylation is 1. The van der Waals surface area contributed by atoms with Gasteiger partial charge in [0.05, 0.1) is 21.5 Å². The second-order valence-electron chi connectivity index (χ2n) is 6.59. The molecule has 0 aliphatic rings. The van der Waals surface area contributed by atoms with Crippen molar-refractivity contribution in [1.82, 2.24) is 0 Å². The van der Waals surface area contributed by atoms with Gasteiger partial charge in [-0.25, -0.2) is 12.8 Å². The third-order valence-electron chi connectivity index (χ3n) is 4.57. The molecule has 0 aromatic heterocycles. The number of nitrogens with zero attached hydrogens (tertiary/aromatic N) is 2. The maximum atomic E-state index is 14.4. The Morgan fingerprint density at radius 2 is 1.66 bits per heavy atom. The molecule has 1 atom stereocenters. The number of nitro benzene ring substituents is 1. The van der Waals surface area contributed by atoms with E-state index in [-0.39, 0.29) is 16.1 Å². The summed E-state index contributed by atoms with van der Waals surface area (Å²) in [4.78, 5) is 10.2. The van der Waals surface area contributed by atoms with Crippen LogP contribution in [0.2, 0.25) is 0 Å². The molecule has 3 aromatic carbocycles. The van der Waals surface area contributed by atoms with E-state index in [0.29, 0.717) is 5.69 Å². The largest absolute Gasteiger partial charge is 0.269 e. The quantitative estimate of drug-likeness (QED) is 0.420. The standard InChI is InChI=1S/C21H19FN2O4S/c1-15-6-5-7-18(14-15)23(16(2)20-8-3-4-9-21(20)22)29(27,28)19-12-10-17(11-13-19)24(25)26/h3-14,16H,1-2H3/t16-/m1/s1. The second-order valence-corrected chi connectivity index (χ2v) is 8.40. The minimum atomic E-state index is -4.13. The number of hydrogen-bond donors (Lipinski definition) is 0. The van der Waals surface area contributed by atoms with Crippen molar-refractivity contribution >= 4 is 21.4 Å². The molecule has 3 rings (SSSR count). The molecule has 0 saturated heterocycles. The first-order valence-electron chi connectivity index (χ1n) is 8.82. The van der Waals surface area contributed by atoms with E-state index >= 15 is 0 Å². The summed E-state index contributed by atoms with van der Waals surface area (Å²) in [5.74, 6) is -0.517. The van der Waals surface area contributed by atoms with Crippen LogP contribution < -0.4 is 4.31 Å². The number of benzene rings is 3. The van der Waals surface area contributed by atoms with Gasteiger partial charge in [0, 0.05) is 17.7 Å². The Hall–Kier alpha value is -3.26. The fourth-order valence-corrected chi connectivity index (χ4v) is 4.76. The lowest BCUT2D eigenvalue weighted by atomic mass is 10.1. The van der Waals surface area contributed by atoms with E-state index in [1.807, 2.05) is 13.0 Å². The fourth-order valence-electron chi connectivity index (χ4n) is 3.13. The zero-order valence-electron chi connectivity index (χ0n) is 15.8. The summed E-state index contributed by atoms with van der Waals surface area (Å²) in [5.41, 5.74) is 1.22. The molecule has 0 spiro atoms. The Bertz CT molecular complexity index is 1150. The smallest absolute Gasteiger partial charge is 0.259 e. The predicted molar refractivity (Wildman–Crippen MR) is 109 cm³/mol. The summed E-state index contributed by atoms with van der Waals surface area (Å²) in [7, 11) is -4.13. The van der Waals surface area contributed by atoms with Gasteiger partial charge in [-0.2, -0.15) is 0 Å². The first kappa shape index (κ1) is 20.5. The molecule has 0 saturated carbocycles. The number of non-ortho nitro benzene ring substituents is 1. The van der Waals surface area contributed by atoms with Crippen molar-refractivity contribution in [3.63, 3.8) is 0 Å². The zero-order chi connectivity index (χ0) is 21.2. The first-order valence-corrected chi connectivity index (χ1v) is 10.3. The molecule has 0 bridgehead atoms. The van der Waals surface area contributed by atoms with Crippen LogP contribution in [0.15, 0.2) is 77.7 Å². The van der Waals surface area contributed by atoms with Crippen LogP contribution in [0.4, 0.5) is 15.8 Å². The Kier molecular flexibility index (Phi) is 5.65. The van der Waals surface area contributed by atoms with Crippen molar-refractivity contribution in [2.75, 3.05) is 4.31 Å². The fraction of sp³-hybridized carbons (Fsp3) is 0.143. The van der Waals surface area contributed by atoms with Gasteiger partial charge in [0.25, 0.3) is 15.7 Å². The molecule has 0 aliphatic carbocycles. The van der Waals surface area contributed by atoms with Crippen LogP contribution in [0, 0.1) is 22.9 Å². The number of nitro groups is 1. The Labute approximate surface area is 168 Å². The van der Waals surface area contributed by atoms with Crippen molar-refractivity contribution in [2.45, 2.75) is 24.8 Å². The molecule has 0 heterocycles. The molecule has 3 aromatic rings. The van der Waals surface area contributed by atoms with Crippen molar-refractivity contribution in [2.24, 2.45) is 0 Å². The van der Waals surface area contributed by atoms with E-state index in [2.05, 4.69) is 0 Å². The highest BCUT2D eigenvalue weighted by molar-refractivity contribution is 7.92. The van der Waals surface area contributed by atoms with Gasteiger partial charge in [-0.3, -0.25) is 14.4 Å². The first-order chi connectivity index (χ1) is 13.7. The zero-order valence-corrected chi connectivity index (χ0v) is 16.6. The van der Waals surface area contributed by atoms with E-state index in [1.165, 1.54) is 30.3 Å². The SMILES string of the molecule is Cc1cccc(N([C@H](C)c2ccccc2F)S(=O)(=O)c2ccc([N+](=O)[O-])cc2)c1. The van der Waals surface area contributed by atoms with E-state index in [0.717, 1.165) is 22.0 Å². The lowest BCUT2D eigenvalue weighted by Gasteiger charge is -2.31. The van der Waals surface area contributed by atoms with Crippen LogP contribution in [0.3, 0.4) is 0 Å². The molecule has 0 N–H and O–H groups in total. The van der Waals surface area contributed by atoms with Gasteiger partial charge in [0.1, 0.15) is 5.82 Å². The molecular formula is C21H19FN2O4S. The molecule has 0 amide bonds. The maximum absolute atomic E-state index is 14.4. The molecule has 6 nitrogen and oxygen atoms in total. The molecule has 8 heteroatoms. The Balaban J connectivity index is 2.16. The van der Waals surface area contributed by atoms with Crippen molar-refractivity contribution in [3.8, 4) is 0 Å². The highest BCUT2D eigenvalue weighted by Crippen LogP contribution is 2.35. The summed E-state index contributed by atoms with van der Waals surface area (Å²) in [6.45, 7) is 3.43. The van der Waals surface area contributed by atoms with Crippen LogP contribution in [0.1, 0.15) is 24.1 Å². The monoisotopic (exact) mass is 414 g/mol. The molecule has 29 heavy (non-hydrogen) atoms. The number of rotatable bonds is 6. The topological polar surface area (TPSA) is 80.5 Å². The lowest BCUT2D eigenvalue weighted by molar-refractivity contribution is -0.384. The Morgan fingerprint density at radius 1 is 1.00 bits per heavy atom. The van der Waals surface area contributed by atoms with E-state index < -0.39 is 26.8 Å². The molecule has 0 radical (unpaired) electrons. The summed E-state index contributed by atoms with van der Waals surface area (Å²) < 4.78 is 42.5. The molecule has 150 valence electrons. The van der Waals surface area contributed by atoms with E-state index in [9.17, 15) is 22.9 Å². The van der Waals surface area contributed by atoms with Crippen molar-refractivity contribution in [3.05, 3.63) is 99.9 Å². The highest BCUT2D eigenvalue weighted by Gasteiger charge is 2.32. The number of hydrogen-bond acceptors (Lipinski definition) is 4. The van der Waals surface area contributed by atoms with Gasteiger partial charge >= 0.3 is 0 Å². The van der Waals surface area contributed by atoms with E-state index in [1.54, 1.807) is 31.2 Å². The number of anilines is 1. The van der Waals surface area contributed by atoms with Gasteiger partial charge in [-0.05, 0) is 49.7 Å². The Morgan fingerprint density at radius 3 is 2.24 bits per heavy atom. The average molecular weight is 414 g/mol. The average Bonchev–Trinajstić information content (AvgIpc) is 2.68. The maximum Gasteiger partial charge on any atom is 0.269 e. The van der Waals surface area contributed by atoms with Crippen LogP contribution >= 0.6 is 0 Å². The normalized spacial score (nSPS) is 12.4. The minimum Gasteiger partial charge on any atom is -0.259 e. The van der Waals surface area contributed by atoms with Crippen LogP contribution in [0.25, 0.3) is 0 Å². The molecule has 0 aliphatic heterocycles. The van der Waals surface area contributed by atoms with E-state index in [4.69, 9.17) is 0 Å². The summed E-state index contributed by atoms with van der Waals surface area (Å²) in [6, 6.07) is 16.7. The number of sulfonamides is 1. The van der Waals surface area contributed by atoms with Crippen LogP contribution in [-0.2, 0) is 10.0 Å². The third kappa shape index (κ3) is 4.12. The second kappa shape index (κ2) is 8.00. The predicted octanol–water partition coefficient (Wildman–Crippen LogP) is 5.00. The van der Waals surface area contributed by atoms with Crippen LogP contribution in [0.5, 0.6) is 0 Å². The third-order valence-corrected chi connectivity index (χ3v) is 6.48. The van der Waals surface area contributed by atoms with Gasteiger partial charge in [-0.1, -0.05) is 30.3 Å². The van der Waals surface area contributed by atoms with Crippen molar-refractivity contribution < 1.29 is 17.7 Å². The molecular weight excluding hydrogens is 395 g/mol. The highest BCUT2D eigenvalue weighted by atomic mass is 32.2. The summed E-state index contributed by atoms with van der Waals surface area (Å²) >= 11 is 0. The number of halogens is 1. The molecule has 0 unspecified atom stereocenters. The van der Waals surface area contributed by atoms with Crippen molar-refractivity contribution in [1.29, 1.82) is 0 Å². The molecule has 0 fully saturated rings. The minimum absolute atomic E-state index is 0.118. The lowest BCUT2D eigenvalue weighted by Crippen LogP contribution is -2.34. The summed E-state index contributed by atoms with van der Waals surface area (Å²) in [6.07, 6.45) is 0. The van der Waals surface area contributed by atoms with Gasteiger partial charge in [-0.15, -0.1) is 0 Å². The van der Waals surface area contributed by atoms with Gasteiger partial charge < -0.3 is 0 Å². The van der Waals surface area contributed by atoms with Gasteiger partial charge in [0.15, 0.2) is 0 Å². The summed E-state index contributed by atoms with van der Waals surface area (Å²) in [5, 5.41) is 10.9. The van der Waals surface area contributed by atoms with Gasteiger partial charge in [0.2, 0.25) is 0 Å².